The number of nitrogens with zero attached hydrogens (tertiary/aromatic N) is 3. The second-order valence-electron chi connectivity index (χ2n) is 5.48. The molecule has 0 radical (unpaired) electrons. The molecule has 0 aliphatic rings. The van der Waals surface area contributed by atoms with Gasteiger partial charge in [-0.15, -0.1) is 11.3 Å². The van der Waals surface area contributed by atoms with E-state index in [-0.39, 0.29) is 5.91 Å². The number of thiophene rings is 1. The number of hydrogen-bond acceptors (Lipinski definition) is 6. The van der Waals surface area contributed by atoms with Crippen LogP contribution in [0, 0.1) is 0 Å². The van der Waals surface area contributed by atoms with Crippen molar-refractivity contribution >= 4 is 17.2 Å². The van der Waals surface area contributed by atoms with Gasteiger partial charge in [0, 0.05) is 22.8 Å². The fourth-order valence-corrected chi connectivity index (χ4v) is 3.25. The molecule has 1 aromatic carbocycles. The molecule has 4 aromatic rings. The fraction of sp³-hybridized carbons (Fsp3) is 0.0526. The summed E-state index contributed by atoms with van der Waals surface area (Å²) < 4.78 is 5.37. The molecule has 0 unspecified atom stereocenters. The topological polar surface area (TPSA) is 80.9 Å². The first-order valence-corrected chi connectivity index (χ1v) is 8.78. The Bertz CT molecular complexity index is 1010. The van der Waals surface area contributed by atoms with E-state index in [1.54, 1.807) is 24.5 Å². The smallest absolute Gasteiger partial charge is 0.268 e. The first-order valence-electron chi connectivity index (χ1n) is 7.96. The first kappa shape index (κ1) is 16.2. The van der Waals surface area contributed by atoms with Crippen molar-refractivity contribution in [3.05, 3.63) is 77.4 Å². The summed E-state index contributed by atoms with van der Waals surface area (Å²) >= 11 is 1.51. The lowest BCUT2D eigenvalue weighted by atomic mass is 10.2. The molecule has 26 heavy (non-hydrogen) atoms. The second kappa shape index (κ2) is 7.28. The highest BCUT2D eigenvalue weighted by molar-refractivity contribution is 7.15. The van der Waals surface area contributed by atoms with Gasteiger partial charge in [-0.3, -0.25) is 9.78 Å². The standard InChI is InChI=1S/C19H14N4O2S/c24-18(14-7-4-10-20-11-14)21-12-15-8-9-16(26-15)19-22-17(23-25-19)13-5-2-1-3-6-13/h1-11H,12H2,(H,21,24). The number of benzene rings is 1. The Kier molecular flexibility index (Phi) is 4.53. The SMILES string of the molecule is O=C(NCc1ccc(-c2nc(-c3ccccc3)no2)s1)c1cccnc1. The van der Waals surface area contributed by atoms with Crippen LogP contribution in [0.25, 0.3) is 22.2 Å². The van der Waals surface area contributed by atoms with Gasteiger partial charge in [0.25, 0.3) is 11.8 Å². The number of amides is 1. The molecule has 0 bridgehead atoms. The monoisotopic (exact) mass is 362 g/mol. The molecule has 3 heterocycles. The van der Waals surface area contributed by atoms with Gasteiger partial charge in [0.2, 0.25) is 5.82 Å². The maximum Gasteiger partial charge on any atom is 0.268 e. The maximum absolute atomic E-state index is 12.1. The van der Waals surface area contributed by atoms with Gasteiger partial charge in [-0.05, 0) is 24.3 Å². The van der Waals surface area contributed by atoms with Crippen LogP contribution in [0.1, 0.15) is 15.2 Å². The van der Waals surface area contributed by atoms with Gasteiger partial charge in [-0.1, -0.05) is 35.5 Å². The van der Waals surface area contributed by atoms with Gasteiger partial charge >= 0.3 is 0 Å². The first-order chi connectivity index (χ1) is 12.8. The molecule has 6 nitrogen and oxygen atoms in total. The minimum Gasteiger partial charge on any atom is -0.347 e. The number of hydrogen-bond donors (Lipinski definition) is 1. The largest absolute Gasteiger partial charge is 0.347 e. The van der Waals surface area contributed by atoms with Crippen LogP contribution in [0.2, 0.25) is 0 Å². The molecule has 1 N–H and O–H groups in total. The molecule has 0 saturated carbocycles. The van der Waals surface area contributed by atoms with Gasteiger partial charge < -0.3 is 9.84 Å². The fourth-order valence-electron chi connectivity index (χ4n) is 2.38. The maximum atomic E-state index is 12.1. The highest BCUT2D eigenvalue weighted by atomic mass is 32.1. The number of carbonyl (C=O) groups excluding carboxylic acids is 1. The van der Waals surface area contributed by atoms with Gasteiger partial charge in [-0.25, -0.2) is 0 Å². The Morgan fingerprint density at radius 2 is 1.96 bits per heavy atom. The van der Waals surface area contributed by atoms with Crippen molar-refractivity contribution in [1.82, 2.24) is 20.4 Å². The predicted molar refractivity (Wildman–Crippen MR) is 98.5 cm³/mol. The van der Waals surface area contributed by atoms with E-state index in [4.69, 9.17) is 4.52 Å². The van der Waals surface area contributed by atoms with Crippen molar-refractivity contribution in [2.75, 3.05) is 0 Å². The highest BCUT2D eigenvalue weighted by Gasteiger charge is 2.13. The Morgan fingerprint density at radius 1 is 1.08 bits per heavy atom. The van der Waals surface area contributed by atoms with Crippen molar-refractivity contribution in [1.29, 1.82) is 0 Å². The zero-order chi connectivity index (χ0) is 17.8. The van der Waals surface area contributed by atoms with Crippen LogP contribution in [-0.2, 0) is 6.54 Å². The molecule has 0 fully saturated rings. The molecular weight excluding hydrogens is 348 g/mol. The normalized spacial score (nSPS) is 10.6. The number of nitrogens with one attached hydrogen (secondary N) is 1. The van der Waals surface area contributed by atoms with Gasteiger partial charge in [0.05, 0.1) is 17.0 Å². The van der Waals surface area contributed by atoms with Crippen LogP contribution < -0.4 is 5.32 Å². The summed E-state index contributed by atoms with van der Waals surface area (Å²) in [4.78, 5) is 22.3. The minimum absolute atomic E-state index is 0.155. The third kappa shape index (κ3) is 3.52. The molecule has 0 aliphatic carbocycles. The molecule has 1 amide bonds. The third-order valence-corrected chi connectivity index (χ3v) is 4.75. The molecule has 0 saturated heterocycles. The Hall–Kier alpha value is -3.32. The zero-order valence-corrected chi connectivity index (χ0v) is 14.4. The number of rotatable bonds is 5. The van der Waals surface area contributed by atoms with E-state index in [9.17, 15) is 4.79 Å². The number of pyridine rings is 1. The summed E-state index contributed by atoms with van der Waals surface area (Å²) in [7, 11) is 0. The van der Waals surface area contributed by atoms with Gasteiger partial charge in [0.1, 0.15) is 0 Å². The van der Waals surface area contributed by atoms with Crippen molar-refractivity contribution in [2.45, 2.75) is 6.54 Å². The lowest BCUT2D eigenvalue weighted by molar-refractivity contribution is 0.0951. The van der Waals surface area contributed by atoms with Crippen molar-refractivity contribution in [3.8, 4) is 22.2 Å². The Morgan fingerprint density at radius 3 is 2.77 bits per heavy atom. The summed E-state index contributed by atoms with van der Waals surface area (Å²) in [6, 6.07) is 17.0. The summed E-state index contributed by atoms with van der Waals surface area (Å²) in [5, 5.41) is 6.91. The zero-order valence-electron chi connectivity index (χ0n) is 13.6. The Labute approximate surface area is 153 Å². The van der Waals surface area contributed by atoms with E-state index in [0.29, 0.717) is 23.8 Å². The molecular formula is C19H14N4O2S. The van der Waals surface area contributed by atoms with E-state index >= 15 is 0 Å². The molecule has 3 aromatic heterocycles. The molecule has 0 spiro atoms. The lowest BCUT2D eigenvalue weighted by Crippen LogP contribution is -2.22. The highest BCUT2D eigenvalue weighted by Crippen LogP contribution is 2.28. The summed E-state index contributed by atoms with van der Waals surface area (Å²) in [5.74, 6) is 0.872. The minimum atomic E-state index is -0.155. The summed E-state index contributed by atoms with van der Waals surface area (Å²) in [5.41, 5.74) is 1.44. The summed E-state index contributed by atoms with van der Waals surface area (Å²) in [6.07, 6.45) is 3.18. The van der Waals surface area contributed by atoms with Crippen LogP contribution in [0.4, 0.5) is 0 Å². The van der Waals surface area contributed by atoms with Crippen LogP contribution >= 0.6 is 11.3 Å². The average Bonchev–Trinajstić information content (AvgIpc) is 3.37. The van der Waals surface area contributed by atoms with E-state index in [1.807, 2.05) is 42.5 Å². The Balaban J connectivity index is 1.44. The van der Waals surface area contributed by atoms with Crippen LogP contribution in [0.15, 0.2) is 71.5 Å². The number of carbonyl (C=O) groups is 1. The third-order valence-electron chi connectivity index (χ3n) is 3.68. The van der Waals surface area contributed by atoms with Crippen molar-refractivity contribution in [3.63, 3.8) is 0 Å². The molecule has 0 atom stereocenters. The van der Waals surface area contributed by atoms with E-state index < -0.39 is 0 Å². The average molecular weight is 362 g/mol. The van der Waals surface area contributed by atoms with E-state index in [0.717, 1.165) is 15.3 Å². The number of aromatic nitrogens is 3. The van der Waals surface area contributed by atoms with Crippen molar-refractivity contribution in [2.24, 2.45) is 0 Å². The quantitative estimate of drug-likeness (QED) is 0.584. The molecule has 7 heteroatoms. The van der Waals surface area contributed by atoms with E-state index in [1.165, 1.54) is 11.3 Å². The lowest BCUT2D eigenvalue weighted by Gasteiger charge is -2.02. The van der Waals surface area contributed by atoms with Crippen LogP contribution in [0.5, 0.6) is 0 Å². The summed E-state index contributed by atoms with van der Waals surface area (Å²) in [6.45, 7) is 0.429. The molecule has 128 valence electrons. The van der Waals surface area contributed by atoms with Crippen LogP contribution in [-0.4, -0.2) is 21.0 Å². The van der Waals surface area contributed by atoms with Crippen LogP contribution in [0.3, 0.4) is 0 Å². The van der Waals surface area contributed by atoms with Gasteiger partial charge in [0.15, 0.2) is 0 Å². The second-order valence-corrected chi connectivity index (χ2v) is 6.65. The van der Waals surface area contributed by atoms with Gasteiger partial charge in [-0.2, -0.15) is 4.98 Å². The van der Waals surface area contributed by atoms with E-state index in [2.05, 4.69) is 20.4 Å². The predicted octanol–water partition coefficient (Wildman–Crippen LogP) is 3.79. The molecule has 0 aliphatic heterocycles. The molecule has 4 rings (SSSR count). The van der Waals surface area contributed by atoms with Crippen molar-refractivity contribution < 1.29 is 9.32 Å².